The van der Waals surface area contributed by atoms with Crippen molar-refractivity contribution in [3.8, 4) is 0 Å². The molecule has 0 aliphatic heterocycles. The lowest BCUT2D eigenvalue weighted by Gasteiger charge is -1.99. The topological polar surface area (TPSA) is 58.6 Å². The fraction of sp³-hybridized carbons (Fsp3) is 0.750. The molecule has 16 heavy (non-hydrogen) atoms. The van der Waals surface area contributed by atoms with Crippen molar-refractivity contribution >= 4 is 5.78 Å². The Balaban J connectivity index is 1.97. The zero-order valence-electron chi connectivity index (χ0n) is 10.0. The molecule has 0 unspecified atom stereocenters. The first-order valence-electron chi connectivity index (χ1n) is 6.23. The first-order valence-corrected chi connectivity index (χ1v) is 6.23. The average Bonchev–Trinajstić information content (AvgIpc) is 2.81. The number of carbonyl (C=O) groups excluding carboxylic acids is 1. The minimum atomic E-state index is 0.0751. The number of carbonyl (C=O) groups is 1. The zero-order chi connectivity index (χ0) is 11.6. The lowest BCUT2D eigenvalue weighted by Crippen LogP contribution is -2.01. The molecule has 1 heterocycles. The number of nitrogens with one attached hydrogen (secondary N) is 1. The third kappa shape index (κ3) is 5.05. The molecular weight excluding hydrogens is 202 g/mol. The molecular formula is C12H21N3O. The number of aromatic nitrogens is 3. The molecule has 0 saturated carbocycles. The van der Waals surface area contributed by atoms with E-state index in [-0.39, 0.29) is 5.78 Å². The molecule has 90 valence electrons. The highest BCUT2D eigenvalue weighted by molar-refractivity contribution is 5.92. The minimum absolute atomic E-state index is 0.0751. The molecule has 1 rings (SSSR count). The normalized spacial score (nSPS) is 10.6. The summed E-state index contributed by atoms with van der Waals surface area (Å²) in [7, 11) is 0. The van der Waals surface area contributed by atoms with E-state index in [1.54, 1.807) is 0 Å². The summed E-state index contributed by atoms with van der Waals surface area (Å²) in [5.41, 5.74) is 0. The van der Waals surface area contributed by atoms with Crippen LogP contribution in [0, 0.1) is 0 Å². The highest BCUT2D eigenvalue weighted by Gasteiger charge is 2.07. The summed E-state index contributed by atoms with van der Waals surface area (Å²) in [6.45, 7) is 2.22. The number of hydrogen-bond donors (Lipinski definition) is 1. The Kier molecular flexibility index (Phi) is 6.45. The summed E-state index contributed by atoms with van der Waals surface area (Å²) in [6.07, 6.45) is 10.5. The fourth-order valence-electron chi connectivity index (χ4n) is 1.70. The number of Topliss-reactive ketones (excluding diaryl/α,β-unsaturated/α-hetero) is 1. The van der Waals surface area contributed by atoms with E-state index in [0.29, 0.717) is 12.2 Å². The highest BCUT2D eigenvalue weighted by atomic mass is 16.1. The van der Waals surface area contributed by atoms with Crippen molar-refractivity contribution in [2.24, 2.45) is 0 Å². The van der Waals surface area contributed by atoms with Crippen molar-refractivity contribution in [1.29, 1.82) is 0 Å². The van der Waals surface area contributed by atoms with Gasteiger partial charge in [-0.25, -0.2) is 4.98 Å². The van der Waals surface area contributed by atoms with Crippen LogP contribution < -0.4 is 0 Å². The van der Waals surface area contributed by atoms with Crippen molar-refractivity contribution in [1.82, 2.24) is 15.2 Å². The molecule has 0 saturated heterocycles. The van der Waals surface area contributed by atoms with E-state index in [4.69, 9.17) is 0 Å². The molecule has 1 aromatic rings. The molecule has 0 amide bonds. The lowest BCUT2D eigenvalue weighted by atomic mass is 10.1. The predicted octanol–water partition coefficient (Wildman–Crippen LogP) is 3.13. The zero-order valence-corrected chi connectivity index (χ0v) is 10.0. The summed E-state index contributed by atoms with van der Waals surface area (Å²) in [6, 6.07) is 0. The van der Waals surface area contributed by atoms with Gasteiger partial charge in [-0.3, -0.25) is 9.89 Å². The van der Waals surface area contributed by atoms with Gasteiger partial charge in [0, 0.05) is 6.42 Å². The average molecular weight is 223 g/mol. The van der Waals surface area contributed by atoms with Crippen LogP contribution in [0.4, 0.5) is 0 Å². The van der Waals surface area contributed by atoms with Crippen molar-refractivity contribution in [2.75, 3.05) is 0 Å². The Bertz CT molecular complexity index is 282. The molecule has 0 aliphatic carbocycles. The van der Waals surface area contributed by atoms with Gasteiger partial charge in [0.2, 0.25) is 0 Å². The van der Waals surface area contributed by atoms with E-state index in [1.807, 2.05) is 0 Å². The Morgan fingerprint density at radius 2 is 1.88 bits per heavy atom. The molecule has 4 heteroatoms. The fourth-order valence-corrected chi connectivity index (χ4v) is 1.70. The van der Waals surface area contributed by atoms with Gasteiger partial charge in [-0.05, 0) is 6.42 Å². The van der Waals surface area contributed by atoms with E-state index in [9.17, 15) is 4.79 Å². The summed E-state index contributed by atoms with van der Waals surface area (Å²) in [5, 5.41) is 6.26. The van der Waals surface area contributed by atoms with E-state index in [1.165, 1.54) is 38.4 Å². The smallest absolute Gasteiger partial charge is 0.199 e. The number of aromatic amines is 1. The van der Waals surface area contributed by atoms with E-state index in [0.717, 1.165) is 12.8 Å². The van der Waals surface area contributed by atoms with Gasteiger partial charge < -0.3 is 0 Å². The van der Waals surface area contributed by atoms with Gasteiger partial charge in [-0.1, -0.05) is 45.4 Å². The van der Waals surface area contributed by atoms with Crippen LogP contribution in [0.3, 0.4) is 0 Å². The first kappa shape index (κ1) is 12.9. The van der Waals surface area contributed by atoms with E-state index < -0.39 is 0 Å². The Hall–Kier alpha value is -1.19. The number of H-pyrrole nitrogens is 1. The molecule has 4 nitrogen and oxygen atoms in total. The first-order chi connectivity index (χ1) is 7.84. The summed E-state index contributed by atoms with van der Waals surface area (Å²) in [5.74, 6) is 0.469. The Morgan fingerprint density at radius 1 is 1.19 bits per heavy atom. The molecule has 0 aliphatic rings. The van der Waals surface area contributed by atoms with Gasteiger partial charge in [0.1, 0.15) is 6.33 Å². The van der Waals surface area contributed by atoms with Crippen molar-refractivity contribution in [3.05, 3.63) is 12.2 Å². The standard InChI is InChI=1S/C12H21N3O/c1-2-3-4-5-6-7-8-9-11(16)12-13-10-14-15-12/h10H,2-9H2,1H3,(H,13,14,15). The van der Waals surface area contributed by atoms with Gasteiger partial charge >= 0.3 is 0 Å². The largest absolute Gasteiger partial charge is 0.291 e. The Labute approximate surface area is 96.9 Å². The SMILES string of the molecule is CCCCCCCCCC(=O)c1ncn[nH]1. The molecule has 0 aromatic carbocycles. The summed E-state index contributed by atoms with van der Waals surface area (Å²) >= 11 is 0. The maximum absolute atomic E-state index is 11.5. The second kappa shape index (κ2) is 8.02. The highest BCUT2D eigenvalue weighted by Crippen LogP contribution is 2.09. The van der Waals surface area contributed by atoms with Crippen molar-refractivity contribution in [2.45, 2.75) is 58.3 Å². The molecule has 0 fully saturated rings. The van der Waals surface area contributed by atoms with Crippen LogP contribution in [0.15, 0.2) is 6.33 Å². The molecule has 0 spiro atoms. The molecule has 0 atom stereocenters. The quantitative estimate of drug-likeness (QED) is 0.517. The van der Waals surface area contributed by atoms with Crippen LogP contribution in [0.1, 0.15) is 68.9 Å². The molecule has 1 aromatic heterocycles. The van der Waals surface area contributed by atoms with Gasteiger partial charge in [0.25, 0.3) is 0 Å². The van der Waals surface area contributed by atoms with Crippen LogP contribution >= 0.6 is 0 Å². The predicted molar refractivity (Wildman–Crippen MR) is 63.3 cm³/mol. The van der Waals surface area contributed by atoms with Gasteiger partial charge in [0.05, 0.1) is 0 Å². The van der Waals surface area contributed by atoms with Crippen LogP contribution in [-0.4, -0.2) is 21.0 Å². The third-order valence-corrected chi connectivity index (χ3v) is 2.69. The third-order valence-electron chi connectivity index (χ3n) is 2.69. The van der Waals surface area contributed by atoms with E-state index >= 15 is 0 Å². The maximum Gasteiger partial charge on any atom is 0.199 e. The van der Waals surface area contributed by atoms with E-state index in [2.05, 4.69) is 22.1 Å². The second-order valence-corrected chi connectivity index (χ2v) is 4.13. The van der Waals surface area contributed by atoms with Gasteiger partial charge in [-0.15, -0.1) is 0 Å². The summed E-state index contributed by atoms with van der Waals surface area (Å²) in [4.78, 5) is 15.3. The van der Waals surface area contributed by atoms with Gasteiger partial charge in [-0.2, -0.15) is 5.10 Å². The number of ketones is 1. The Morgan fingerprint density at radius 3 is 2.50 bits per heavy atom. The lowest BCUT2D eigenvalue weighted by molar-refractivity contribution is 0.0969. The summed E-state index contributed by atoms with van der Waals surface area (Å²) < 4.78 is 0. The molecule has 1 N–H and O–H groups in total. The maximum atomic E-state index is 11.5. The van der Waals surface area contributed by atoms with Crippen LogP contribution in [0.25, 0.3) is 0 Å². The number of nitrogens with zero attached hydrogens (tertiary/aromatic N) is 2. The number of rotatable bonds is 9. The van der Waals surface area contributed by atoms with Crippen molar-refractivity contribution in [3.63, 3.8) is 0 Å². The molecule has 0 bridgehead atoms. The van der Waals surface area contributed by atoms with Crippen LogP contribution in [0.2, 0.25) is 0 Å². The van der Waals surface area contributed by atoms with Crippen molar-refractivity contribution < 1.29 is 4.79 Å². The van der Waals surface area contributed by atoms with Crippen LogP contribution in [0.5, 0.6) is 0 Å². The number of unbranched alkanes of at least 4 members (excludes halogenated alkanes) is 6. The minimum Gasteiger partial charge on any atom is -0.291 e. The monoisotopic (exact) mass is 223 g/mol. The number of hydrogen-bond acceptors (Lipinski definition) is 3. The van der Waals surface area contributed by atoms with Gasteiger partial charge in [0.15, 0.2) is 11.6 Å². The molecule has 0 radical (unpaired) electrons. The van der Waals surface area contributed by atoms with Crippen LogP contribution in [-0.2, 0) is 0 Å². The second-order valence-electron chi connectivity index (χ2n) is 4.13.